The van der Waals surface area contributed by atoms with Gasteiger partial charge in [-0.3, -0.25) is 8.37 Å². The smallest absolute Gasteiger partial charge is 0.305 e. The van der Waals surface area contributed by atoms with Crippen molar-refractivity contribution in [3.63, 3.8) is 0 Å². The van der Waals surface area contributed by atoms with E-state index in [4.69, 9.17) is 17.8 Å². The molecule has 2 unspecified atom stereocenters. The zero-order valence-corrected chi connectivity index (χ0v) is 7.83. The summed E-state index contributed by atoms with van der Waals surface area (Å²) in [7, 11) is 3.10. The highest BCUT2D eigenvalue weighted by Gasteiger charge is 2.35. The highest BCUT2D eigenvalue weighted by Crippen LogP contribution is 2.17. The maximum Gasteiger partial charge on any atom is 0.305 e. The molecule has 1 heterocycles. The Bertz CT molecular complexity index is 146. The lowest BCUT2D eigenvalue weighted by Gasteiger charge is -2.12. The van der Waals surface area contributed by atoms with Crippen LogP contribution in [0.5, 0.6) is 0 Å². The molecule has 0 aliphatic carbocycles. The van der Waals surface area contributed by atoms with Crippen LogP contribution in [0.15, 0.2) is 0 Å². The van der Waals surface area contributed by atoms with Crippen LogP contribution >= 0.6 is 0 Å². The zero-order chi connectivity index (χ0) is 8.97. The summed E-state index contributed by atoms with van der Waals surface area (Å²) in [6, 6.07) is 0. The Labute approximate surface area is 73.8 Å². The molecule has 0 radical (unpaired) electrons. The predicted octanol–water partition coefficient (Wildman–Crippen LogP) is -0.358. The normalized spacial score (nSPS) is 35.7. The molecule has 5 nitrogen and oxygen atoms in total. The second-order valence-electron chi connectivity index (χ2n) is 2.38. The van der Waals surface area contributed by atoms with Crippen LogP contribution in [0.2, 0.25) is 0 Å². The van der Waals surface area contributed by atoms with Gasteiger partial charge >= 0.3 is 11.4 Å². The Morgan fingerprint density at radius 3 is 1.92 bits per heavy atom. The number of hydrogen-bond acceptors (Lipinski definition) is 5. The highest BCUT2D eigenvalue weighted by molar-refractivity contribution is 7.75. The average molecular weight is 196 g/mol. The average Bonchev–Trinajstić information content (AvgIpc) is 2.33. The van der Waals surface area contributed by atoms with E-state index < -0.39 is 11.4 Å². The van der Waals surface area contributed by atoms with Crippen LogP contribution in [0.1, 0.15) is 0 Å². The fraction of sp³-hybridized carbons (Fsp3) is 1.00. The van der Waals surface area contributed by atoms with E-state index in [0.29, 0.717) is 13.2 Å². The quantitative estimate of drug-likeness (QED) is 0.614. The number of methoxy groups -OCH3 is 2. The van der Waals surface area contributed by atoms with Gasteiger partial charge in [-0.25, -0.2) is 0 Å². The van der Waals surface area contributed by atoms with Gasteiger partial charge in [0.15, 0.2) is 0 Å². The lowest BCUT2D eigenvalue weighted by molar-refractivity contribution is 0.0219. The standard InChI is InChI=1S/C6H12O5S/c1-8-3-5-6(4-9-2)11-12(7)10-5/h5-6H,3-4H2,1-2H3. The summed E-state index contributed by atoms with van der Waals surface area (Å²) in [6.45, 7) is 0.722. The van der Waals surface area contributed by atoms with Crippen LogP contribution in [0, 0.1) is 0 Å². The molecule has 0 aromatic heterocycles. The molecule has 0 spiro atoms. The van der Waals surface area contributed by atoms with Gasteiger partial charge in [0, 0.05) is 14.2 Å². The molecule has 1 aliphatic heterocycles. The predicted molar refractivity (Wildman–Crippen MR) is 41.6 cm³/mol. The molecule has 0 bridgehead atoms. The second-order valence-corrected chi connectivity index (χ2v) is 3.18. The summed E-state index contributed by atoms with van der Waals surface area (Å²) < 4.78 is 30.3. The summed E-state index contributed by atoms with van der Waals surface area (Å²) >= 11 is -1.65. The summed E-state index contributed by atoms with van der Waals surface area (Å²) in [5.74, 6) is 0. The van der Waals surface area contributed by atoms with Crippen LogP contribution in [0.4, 0.5) is 0 Å². The molecule has 6 heteroatoms. The van der Waals surface area contributed by atoms with Gasteiger partial charge in [0.25, 0.3) is 0 Å². The first-order chi connectivity index (χ1) is 5.77. The van der Waals surface area contributed by atoms with Gasteiger partial charge in [0.2, 0.25) is 0 Å². The monoisotopic (exact) mass is 196 g/mol. The number of ether oxygens (including phenoxy) is 2. The minimum absolute atomic E-state index is 0.296. The van der Waals surface area contributed by atoms with E-state index in [1.807, 2.05) is 0 Å². The van der Waals surface area contributed by atoms with Gasteiger partial charge in [0.05, 0.1) is 13.2 Å². The second kappa shape index (κ2) is 4.88. The maximum absolute atomic E-state index is 10.8. The van der Waals surface area contributed by atoms with Gasteiger partial charge in [-0.2, -0.15) is 4.21 Å². The summed E-state index contributed by atoms with van der Waals surface area (Å²) in [4.78, 5) is 0. The first-order valence-corrected chi connectivity index (χ1v) is 4.52. The largest absolute Gasteiger partial charge is 0.382 e. The Hall–Kier alpha value is -0.0100. The van der Waals surface area contributed by atoms with Crippen molar-refractivity contribution in [2.75, 3.05) is 27.4 Å². The van der Waals surface area contributed by atoms with E-state index in [1.54, 1.807) is 14.2 Å². The summed E-state index contributed by atoms with van der Waals surface area (Å²) in [5.41, 5.74) is 0. The van der Waals surface area contributed by atoms with E-state index in [0.717, 1.165) is 0 Å². The van der Waals surface area contributed by atoms with Gasteiger partial charge in [-0.05, 0) is 0 Å². The van der Waals surface area contributed by atoms with E-state index in [9.17, 15) is 4.21 Å². The molecule has 0 aromatic carbocycles. The lowest BCUT2D eigenvalue weighted by Crippen LogP contribution is -2.30. The minimum atomic E-state index is -1.65. The molecule has 2 atom stereocenters. The molecule has 1 aliphatic rings. The van der Waals surface area contributed by atoms with Crippen molar-refractivity contribution >= 4 is 11.4 Å². The summed E-state index contributed by atoms with van der Waals surface area (Å²) in [6.07, 6.45) is -0.591. The van der Waals surface area contributed by atoms with E-state index in [2.05, 4.69) is 0 Å². The van der Waals surface area contributed by atoms with E-state index in [-0.39, 0.29) is 12.2 Å². The van der Waals surface area contributed by atoms with Gasteiger partial charge in [0.1, 0.15) is 12.2 Å². The van der Waals surface area contributed by atoms with Crippen molar-refractivity contribution in [3.8, 4) is 0 Å². The molecule has 12 heavy (non-hydrogen) atoms. The zero-order valence-electron chi connectivity index (χ0n) is 7.02. The molecule has 1 rings (SSSR count). The molecule has 72 valence electrons. The topological polar surface area (TPSA) is 54.0 Å². The summed E-state index contributed by atoms with van der Waals surface area (Å²) in [5, 5.41) is 0. The van der Waals surface area contributed by atoms with Crippen molar-refractivity contribution in [2.24, 2.45) is 0 Å². The molecular formula is C6H12O5S. The first-order valence-electron chi connectivity index (χ1n) is 3.52. The third-order valence-corrected chi connectivity index (χ3v) is 2.29. The Morgan fingerprint density at radius 2 is 1.58 bits per heavy atom. The molecule has 1 fully saturated rings. The lowest BCUT2D eigenvalue weighted by atomic mass is 10.2. The highest BCUT2D eigenvalue weighted by atomic mass is 32.2. The maximum atomic E-state index is 10.8. The van der Waals surface area contributed by atoms with Crippen LogP contribution < -0.4 is 0 Å². The van der Waals surface area contributed by atoms with E-state index >= 15 is 0 Å². The van der Waals surface area contributed by atoms with Gasteiger partial charge in [-0.15, -0.1) is 0 Å². The SMILES string of the molecule is COCC1OS(=O)OC1COC. The molecule has 0 saturated carbocycles. The Balaban J connectivity index is 2.41. The van der Waals surface area contributed by atoms with Crippen LogP contribution in [0.25, 0.3) is 0 Å². The van der Waals surface area contributed by atoms with Crippen molar-refractivity contribution in [3.05, 3.63) is 0 Å². The van der Waals surface area contributed by atoms with Gasteiger partial charge < -0.3 is 9.47 Å². The first kappa shape index (κ1) is 10.1. The number of hydrogen-bond donors (Lipinski definition) is 0. The molecule has 0 amide bonds. The Morgan fingerprint density at radius 1 is 1.17 bits per heavy atom. The Kier molecular flexibility index (Phi) is 4.10. The van der Waals surface area contributed by atoms with Crippen molar-refractivity contribution in [2.45, 2.75) is 12.2 Å². The van der Waals surface area contributed by atoms with Gasteiger partial charge in [-0.1, -0.05) is 0 Å². The van der Waals surface area contributed by atoms with Crippen molar-refractivity contribution in [1.29, 1.82) is 0 Å². The van der Waals surface area contributed by atoms with Crippen LogP contribution in [-0.4, -0.2) is 43.9 Å². The van der Waals surface area contributed by atoms with Crippen LogP contribution in [0.3, 0.4) is 0 Å². The fourth-order valence-electron chi connectivity index (χ4n) is 0.947. The van der Waals surface area contributed by atoms with Crippen molar-refractivity contribution < 1.29 is 22.0 Å². The molecule has 0 aromatic rings. The third-order valence-electron chi connectivity index (χ3n) is 1.48. The van der Waals surface area contributed by atoms with E-state index in [1.165, 1.54) is 0 Å². The van der Waals surface area contributed by atoms with Crippen LogP contribution in [-0.2, 0) is 29.2 Å². The van der Waals surface area contributed by atoms with Crippen molar-refractivity contribution in [1.82, 2.24) is 0 Å². The minimum Gasteiger partial charge on any atom is -0.382 e. The molecular weight excluding hydrogens is 184 g/mol. The fourth-order valence-corrected chi connectivity index (χ4v) is 1.76. The third kappa shape index (κ3) is 2.49. The molecule has 1 saturated heterocycles. The molecule has 0 N–H and O–H groups in total. The number of rotatable bonds is 4.